The van der Waals surface area contributed by atoms with Gasteiger partial charge in [0.05, 0.1) is 5.75 Å². The highest BCUT2D eigenvalue weighted by Crippen LogP contribution is 2.43. The van der Waals surface area contributed by atoms with E-state index in [4.69, 9.17) is 34.8 Å². The lowest BCUT2D eigenvalue weighted by atomic mass is 10.2. The van der Waals surface area contributed by atoms with Crippen LogP contribution in [0.1, 0.15) is 10.9 Å². The van der Waals surface area contributed by atoms with Crippen molar-refractivity contribution in [3.63, 3.8) is 0 Å². The molecule has 6 heteroatoms. The summed E-state index contributed by atoms with van der Waals surface area (Å²) in [7, 11) is 0. The minimum Gasteiger partial charge on any atom is -0.295 e. The number of carbonyl (C=O) groups is 1. The van der Waals surface area contributed by atoms with E-state index in [-0.39, 0.29) is 11.3 Å². The molecule has 0 N–H and O–H groups in total. The van der Waals surface area contributed by atoms with Crippen molar-refractivity contribution in [1.82, 2.24) is 0 Å². The number of hydrogen-bond acceptors (Lipinski definition) is 2. The van der Waals surface area contributed by atoms with Crippen molar-refractivity contribution in [2.75, 3.05) is 10.7 Å². The maximum atomic E-state index is 12.2. The molecule has 2 aromatic rings. The first-order chi connectivity index (χ1) is 10.0. The molecule has 1 heterocycles. The minimum atomic E-state index is -0.0932. The first-order valence-corrected chi connectivity index (χ1v) is 8.38. The predicted octanol–water partition coefficient (Wildman–Crippen LogP) is 5.43. The van der Waals surface area contributed by atoms with Crippen LogP contribution in [0, 0.1) is 0 Å². The van der Waals surface area contributed by atoms with Crippen LogP contribution < -0.4 is 4.90 Å². The van der Waals surface area contributed by atoms with Crippen molar-refractivity contribution in [3.8, 4) is 0 Å². The average Bonchev–Trinajstić information content (AvgIpc) is 2.80. The molecule has 108 valence electrons. The van der Waals surface area contributed by atoms with Gasteiger partial charge in [-0.1, -0.05) is 46.9 Å². The summed E-state index contributed by atoms with van der Waals surface area (Å²) in [6, 6.07) is 12.7. The summed E-state index contributed by atoms with van der Waals surface area (Å²) in [6.07, 6.45) is 0. The van der Waals surface area contributed by atoms with Gasteiger partial charge < -0.3 is 0 Å². The van der Waals surface area contributed by atoms with Crippen molar-refractivity contribution < 1.29 is 4.79 Å². The zero-order valence-corrected chi connectivity index (χ0v) is 13.8. The van der Waals surface area contributed by atoms with Crippen molar-refractivity contribution in [2.45, 2.75) is 5.37 Å². The van der Waals surface area contributed by atoms with Crippen molar-refractivity contribution in [3.05, 3.63) is 63.1 Å². The highest BCUT2D eigenvalue weighted by molar-refractivity contribution is 8.00. The van der Waals surface area contributed by atoms with Gasteiger partial charge in [-0.3, -0.25) is 9.69 Å². The van der Waals surface area contributed by atoms with Crippen LogP contribution >= 0.6 is 46.6 Å². The van der Waals surface area contributed by atoms with E-state index in [1.165, 1.54) is 0 Å². The topological polar surface area (TPSA) is 20.3 Å². The van der Waals surface area contributed by atoms with Gasteiger partial charge in [0.25, 0.3) is 0 Å². The van der Waals surface area contributed by atoms with E-state index >= 15 is 0 Å². The zero-order valence-electron chi connectivity index (χ0n) is 10.7. The maximum absolute atomic E-state index is 12.2. The van der Waals surface area contributed by atoms with Crippen LogP contribution in [0.3, 0.4) is 0 Å². The number of benzene rings is 2. The van der Waals surface area contributed by atoms with Crippen LogP contribution in [0.25, 0.3) is 0 Å². The molecule has 0 bridgehead atoms. The SMILES string of the molecule is O=C1CS[C@H](c2ccc(Cl)cc2)N1c1cc(Cl)cc(Cl)c1. The molecule has 1 saturated heterocycles. The predicted molar refractivity (Wildman–Crippen MR) is 90.6 cm³/mol. The smallest absolute Gasteiger partial charge is 0.238 e. The van der Waals surface area contributed by atoms with Gasteiger partial charge in [-0.25, -0.2) is 0 Å². The summed E-state index contributed by atoms with van der Waals surface area (Å²) < 4.78 is 0. The largest absolute Gasteiger partial charge is 0.295 e. The fourth-order valence-electron chi connectivity index (χ4n) is 2.26. The summed E-state index contributed by atoms with van der Waals surface area (Å²) in [6.45, 7) is 0. The summed E-state index contributed by atoms with van der Waals surface area (Å²) in [5.74, 6) is 0.468. The van der Waals surface area contributed by atoms with Crippen LogP contribution in [0.15, 0.2) is 42.5 Å². The second-order valence-corrected chi connectivity index (χ2v) is 6.98. The lowest BCUT2D eigenvalue weighted by Gasteiger charge is -2.24. The molecule has 2 nitrogen and oxygen atoms in total. The molecule has 1 fully saturated rings. The third-order valence-electron chi connectivity index (χ3n) is 3.15. The summed E-state index contributed by atoms with van der Waals surface area (Å²) >= 11 is 19.6. The lowest BCUT2D eigenvalue weighted by molar-refractivity contribution is -0.115. The molecular weight excluding hydrogens is 349 g/mol. The molecule has 0 aromatic heterocycles. The molecule has 1 atom stereocenters. The maximum Gasteiger partial charge on any atom is 0.238 e. The van der Waals surface area contributed by atoms with Gasteiger partial charge >= 0.3 is 0 Å². The summed E-state index contributed by atoms with van der Waals surface area (Å²) in [4.78, 5) is 14.0. The van der Waals surface area contributed by atoms with Gasteiger partial charge in [-0.2, -0.15) is 0 Å². The Morgan fingerprint density at radius 1 is 0.952 bits per heavy atom. The number of amides is 1. The molecule has 0 spiro atoms. The molecule has 1 amide bonds. The van der Waals surface area contributed by atoms with Gasteiger partial charge in [0.15, 0.2) is 0 Å². The van der Waals surface area contributed by atoms with Crippen LogP contribution in [-0.2, 0) is 4.79 Å². The number of nitrogens with zero attached hydrogens (tertiary/aromatic N) is 1. The lowest BCUT2D eigenvalue weighted by Crippen LogP contribution is -2.27. The van der Waals surface area contributed by atoms with E-state index in [0.29, 0.717) is 26.5 Å². The van der Waals surface area contributed by atoms with Gasteiger partial charge in [-0.05, 0) is 35.9 Å². The zero-order chi connectivity index (χ0) is 15.0. The number of rotatable bonds is 2. The van der Waals surface area contributed by atoms with E-state index in [9.17, 15) is 4.79 Å². The Bertz CT molecular complexity index is 670. The van der Waals surface area contributed by atoms with Gasteiger partial charge in [0.1, 0.15) is 5.37 Å². The van der Waals surface area contributed by atoms with E-state index < -0.39 is 0 Å². The van der Waals surface area contributed by atoms with Crippen molar-refractivity contribution in [2.24, 2.45) is 0 Å². The van der Waals surface area contributed by atoms with Crippen LogP contribution in [0.5, 0.6) is 0 Å². The van der Waals surface area contributed by atoms with E-state index in [0.717, 1.165) is 5.56 Å². The fourth-order valence-corrected chi connectivity index (χ4v) is 4.07. The number of thioether (sulfide) groups is 1. The monoisotopic (exact) mass is 357 g/mol. The quantitative estimate of drug-likeness (QED) is 0.714. The second kappa shape index (κ2) is 6.09. The standard InChI is InChI=1S/C15H10Cl3NOS/c16-10-3-1-9(2-4-10)15-19(14(20)8-21-15)13-6-11(17)5-12(18)7-13/h1-7,15H,8H2/t15-/m1/s1. The molecule has 1 aliphatic rings. The Kier molecular flexibility index (Phi) is 4.36. The van der Waals surface area contributed by atoms with E-state index in [2.05, 4.69) is 0 Å². The molecule has 2 aromatic carbocycles. The Balaban J connectivity index is 2.01. The van der Waals surface area contributed by atoms with Crippen LogP contribution in [0.4, 0.5) is 5.69 Å². The summed E-state index contributed by atoms with van der Waals surface area (Å²) in [5.41, 5.74) is 1.73. The third-order valence-corrected chi connectivity index (χ3v) is 5.05. The molecule has 0 saturated carbocycles. The minimum absolute atomic E-state index is 0.0401. The van der Waals surface area contributed by atoms with Crippen molar-refractivity contribution >= 4 is 58.2 Å². The number of hydrogen-bond donors (Lipinski definition) is 0. The average molecular weight is 359 g/mol. The Labute approximate surface area is 142 Å². The first kappa shape index (κ1) is 15.0. The van der Waals surface area contributed by atoms with Gasteiger partial charge in [0, 0.05) is 20.8 Å². The summed E-state index contributed by atoms with van der Waals surface area (Å²) in [5, 5.41) is 1.60. The molecule has 21 heavy (non-hydrogen) atoms. The number of anilines is 1. The second-order valence-electron chi connectivity index (χ2n) is 4.61. The molecule has 0 unspecified atom stereocenters. The Hall–Kier alpha value is -0.870. The van der Waals surface area contributed by atoms with Gasteiger partial charge in [0.2, 0.25) is 5.91 Å². The van der Waals surface area contributed by atoms with E-state index in [1.807, 2.05) is 24.3 Å². The van der Waals surface area contributed by atoms with Crippen LogP contribution in [-0.4, -0.2) is 11.7 Å². The highest BCUT2D eigenvalue weighted by Gasteiger charge is 2.34. The molecule has 0 radical (unpaired) electrons. The highest BCUT2D eigenvalue weighted by atomic mass is 35.5. The van der Waals surface area contributed by atoms with Crippen molar-refractivity contribution in [1.29, 1.82) is 0 Å². The number of halogens is 3. The molecular formula is C15H10Cl3NOS. The van der Waals surface area contributed by atoms with E-state index in [1.54, 1.807) is 34.9 Å². The molecule has 3 rings (SSSR count). The Morgan fingerprint density at radius 2 is 1.57 bits per heavy atom. The number of carbonyl (C=O) groups excluding carboxylic acids is 1. The fraction of sp³-hybridized carbons (Fsp3) is 0.133. The third kappa shape index (κ3) is 3.16. The first-order valence-electron chi connectivity index (χ1n) is 6.20. The molecule has 0 aliphatic carbocycles. The van der Waals surface area contributed by atoms with Crippen LogP contribution in [0.2, 0.25) is 15.1 Å². The molecule has 1 aliphatic heterocycles. The normalized spacial score (nSPS) is 18.3. The van der Waals surface area contributed by atoms with Gasteiger partial charge in [-0.15, -0.1) is 11.8 Å². The Morgan fingerprint density at radius 3 is 2.19 bits per heavy atom.